The first-order valence-corrected chi connectivity index (χ1v) is 7.65. The molecule has 0 saturated carbocycles. The zero-order valence-corrected chi connectivity index (χ0v) is 15.2. The Morgan fingerprint density at radius 2 is 1.40 bits per heavy atom. The van der Waals surface area contributed by atoms with Gasteiger partial charge in [0.05, 0.1) is 0 Å². The molecular weight excluding hydrogens is 265 g/mol. The number of hydrogen-bond donors (Lipinski definition) is 2. The van der Waals surface area contributed by atoms with E-state index in [1.165, 1.54) is 25.7 Å². The van der Waals surface area contributed by atoms with Gasteiger partial charge in [-0.2, -0.15) is 0 Å². The summed E-state index contributed by atoms with van der Waals surface area (Å²) in [6.45, 7) is 2.87. The summed E-state index contributed by atoms with van der Waals surface area (Å²) in [5.41, 5.74) is 0. The van der Waals surface area contributed by atoms with Gasteiger partial charge in [0.2, 0.25) is 5.91 Å². The van der Waals surface area contributed by atoms with Crippen LogP contribution in [0, 0.1) is 0 Å². The first-order chi connectivity index (χ1) is 9.16. The van der Waals surface area contributed by atoms with E-state index in [1.807, 2.05) is 0 Å². The van der Waals surface area contributed by atoms with Crippen molar-refractivity contribution in [3.8, 4) is 0 Å². The fraction of sp³-hybridized carbons (Fsp3) is 0.867. The van der Waals surface area contributed by atoms with Crippen LogP contribution >= 0.6 is 0 Å². The normalized spacial score (nSPS) is 9.85. The zero-order valence-electron chi connectivity index (χ0n) is 13.2. The van der Waals surface area contributed by atoms with Crippen molar-refractivity contribution in [1.82, 2.24) is 5.32 Å². The van der Waals surface area contributed by atoms with E-state index in [2.05, 4.69) is 12.2 Å². The van der Waals surface area contributed by atoms with Crippen molar-refractivity contribution >= 4 is 41.4 Å². The Hall–Kier alpha value is -0.0600. The van der Waals surface area contributed by atoms with Gasteiger partial charge < -0.3 is 10.4 Å². The Morgan fingerprint density at radius 3 is 2.05 bits per heavy atom. The van der Waals surface area contributed by atoms with Gasteiger partial charge in [0.25, 0.3) is 0 Å². The van der Waals surface area contributed by atoms with Gasteiger partial charge in [-0.05, 0) is 19.3 Å². The predicted molar refractivity (Wildman–Crippen MR) is 82.9 cm³/mol. The van der Waals surface area contributed by atoms with Crippen LogP contribution in [0.4, 0.5) is 0 Å². The average Bonchev–Trinajstić information content (AvgIpc) is 2.37. The van der Waals surface area contributed by atoms with Crippen LogP contribution in [0.2, 0.25) is 0 Å². The van der Waals surface area contributed by atoms with Crippen molar-refractivity contribution in [2.75, 3.05) is 6.54 Å². The summed E-state index contributed by atoms with van der Waals surface area (Å²) in [4.78, 5) is 21.8. The van der Waals surface area contributed by atoms with E-state index in [1.54, 1.807) is 0 Å². The van der Waals surface area contributed by atoms with Crippen LogP contribution in [0.1, 0.15) is 77.6 Å². The van der Waals surface area contributed by atoms with E-state index in [9.17, 15) is 9.59 Å². The maximum atomic E-state index is 11.5. The number of amides is 1. The quantitative estimate of drug-likeness (QED) is 0.405. The monoisotopic (exact) mass is 294 g/mol. The molecule has 0 spiro atoms. The fourth-order valence-electron chi connectivity index (χ4n) is 1.96. The number of carboxylic acid groups (broad SMARTS) is 1. The number of aliphatic carboxylic acids is 1. The van der Waals surface area contributed by atoms with Gasteiger partial charge >= 0.3 is 5.97 Å². The Balaban J connectivity index is 0. The van der Waals surface area contributed by atoms with Gasteiger partial charge in [-0.1, -0.05) is 45.4 Å². The summed E-state index contributed by atoms with van der Waals surface area (Å²) in [7, 11) is 0. The number of unbranched alkanes of at least 4 members (excludes halogenated alkanes) is 7. The smallest absolute Gasteiger partial charge is 0.303 e. The van der Waals surface area contributed by atoms with E-state index in [0.29, 0.717) is 19.4 Å². The van der Waals surface area contributed by atoms with Crippen LogP contribution in [0.25, 0.3) is 0 Å². The average molecular weight is 294 g/mol. The molecule has 4 nitrogen and oxygen atoms in total. The second-order valence-corrected chi connectivity index (χ2v) is 5.07. The Morgan fingerprint density at radius 1 is 0.850 bits per heavy atom. The molecule has 0 unspecified atom stereocenters. The summed E-state index contributed by atoms with van der Waals surface area (Å²) in [6.07, 6.45) is 10.5. The number of carboxylic acids is 1. The molecule has 5 heteroatoms. The molecule has 0 aliphatic heterocycles. The summed E-state index contributed by atoms with van der Waals surface area (Å²) < 4.78 is 0. The third kappa shape index (κ3) is 17.9. The predicted octanol–water partition coefficient (Wildman–Crippen LogP) is 3.12. The third-order valence-corrected chi connectivity index (χ3v) is 3.15. The fourth-order valence-corrected chi connectivity index (χ4v) is 1.96. The van der Waals surface area contributed by atoms with Crippen LogP contribution < -0.4 is 5.32 Å². The molecular formula is C15H29NNaO3. The molecule has 0 aromatic carbocycles. The summed E-state index contributed by atoms with van der Waals surface area (Å²) >= 11 is 0. The molecule has 0 atom stereocenters. The largest absolute Gasteiger partial charge is 0.481 e. The van der Waals surface area contributed by atoms with Gasteiger partial charge in [0, 0.05) is 48.9 Å². The Kier molecular flexibility index (Phi) is 18.9. The molecule has 0 fully saturated rings. The molecule has 0 aliphatic rings. The summed E-state index contributed by atoms with van der Waals surface area (Å²) in [6, 6.07) is 0. The van der Waals surface area contributed by atoms with Crippen LogP contribution in [0.15, 0.2) is 0 Å². The molecule has 0 heterocycles. The van der Waals surface area contributed by atoms with Crippen molar-refractivity contribution in [1.29, 1.82) is 0 Å². The van der Waals surface area contributed by atoms with Gasteiger partial charge in [-0.3, -0.25) is 9.59 Å². The first-order valence-electron chi connectivity index (χ1n) is 7.65. The molecule has 0 aromatic rings. The van der Waals surface area contributed by atoms with Crippen LogP contribution in [0.5, 0.6) is 0 Å². The van der Waals surface area contributed by atoms with Crippen molar-refractivity contribution < 1.29 is 14.7 Å². The van der Waals surface area contributed by atoms with Gasteiger partial charge in [-0.25, -0.2) is 0 Å². The van der Waals surface area contributed by atoms with Crippen LogP contribution in [0.3, 0.4) is 0 Å². The maximum absolute atomic E-state index is 11.5. The SMILES string of the molecule is CCCCCCCCC(=O)NCCCCCC(=O)O.[Na]. The third-order valence-electron chi connectivity index (χ3n) is 3.15. The Bertz CT molecular complexity index is 247. The van der Waals surface area contributed by atoms with E-state index in [0.717, 1.165) is 25.7 Å². The molecule has 1 radical (unpaired) electrons. The molecule has 2 N–H and O–H groups in total. The van der Waals surface area contributed by atoms with E-state index < -0.39 is 5.97 Å². The first kappa shape index (κ1) is 22.2. The minimum absolute atomic E-state index is 0. The van der Waals surface area contributed by atoms with Crippen molar-refractivity contribution in [3.05, 3.63) is 0 Å². The molecule has 113 valence electrons. The molecule has 0 aliphatic carbocycles. The number of nitrogens with one attached hydrogen (secondary N) is 1. The molecule has 0 aromatic heterocycles. The summed E-state index contributed by atoms with van der Waals surface area (Å²) in [5.74, 6) is -0.610. The number of carbonyl (C=O) groups is 2. The molecule has 0 saturated heterocycles. The number of hydrogen-bond acceptors (Lipinski definition) is 2. The number of carbonyl (C=O) groups excluding carboxylic acids is 1. The van der Waals surface area contributed by atoms with Gasteiger partial charge in [0.1, 0.15) is 0 Å². The molecule has 0 rings (SSSR count). The minimum Gasteiger partial charge on any atom is -0.481 e. The molecule has 1 amide bonds. The molecule has 0 bridgehead atoms. The van der Waals surface area contributed by atoms with Gasteiger partial charge in [-0.15, -0.1) is 0 Å². The maximum Gasteiger partial charge on any atom is 0.303 e. The molecule has 20 heavy (non-hydrogen) atoms. The second-order valence-electron chi connectivity index (χ2n) is 5.07. The zero-order chi connectivity index (χ0) is 14.3. The van der Waals surface area contributed by atoms with Gasteiger partial charge in [0.15, 0.2) is 0 Å². The Labute approximate surface area is 145 Å². The van der Waals surface area contributed by atoms with E-state index >= 15 is 0 Å². The topological polar surface area (TPSA) is 66.4 Å². The summed E-state index contributed by atoms with van der Waals surface area (Å²) in [5, 5.41) is 11.3. The van der Waals surface area contributed by atoms with E-state index in [4.69, 9.17) is 5.11 Å². The standard InChI is InChI=1S/C15H29NO3.Na/c1-2-3-4-5-6-8-11-14(17)16-13-10-7-9-12-15(18)19;/h2-13H2,1H3,(H,16,17)(H,18,19);. The minimum atomic E-state index is -0.743. The van der Waals surface area contributed by atoms with Crippen molar-refractivity contribution in [3.63, 3.8) is 0 Å². The van der Waals surface area contributed by atoms with Crippen molar-refractivity contribution in [2.24, 2.45) is 0 Å². The second kappa shape index (κ2) is 17.0. The van der Waals surface area contributed by atoms with Crippen molar-refractivity contribution in [2.45, 2.75) is 77.6 Å². The number of rotatable bonds is 13. The van der Waals surface area contributed by atoms with Crippen LogP contribution in [-0.4, -0.2) is 53.1 Å². The van der Waals surface area contributed by atoms with Crippen LogP contribution in [-0.2, 0) is 9.59 Å². The van der Waals surface area contributed by atoms with E-state index in [-0.39, 0.29) is 41.9 Å².